The van der Waals surface area contributed by atoms with Crippen LogP contribution in [0, 0.1) is 11.7 Å². The molecular formula is C17H25FN2O. The Morgan fingerprint density at radius 3 is 2.86 bits per heavy atom. The van der Waals surface area contributed by atoms with E-state index >= 15 is 0 Å². The van der Waals surface area contributed by atoms with Crippen molar-refractivity contribution in [3.8, 4) is 0 Å². The van der Waals surface area contributed by atoms with E-state index in [4.69, 9.17) is 0 Å². The number of rotatable bonds is 2. The van der Waals surface area contributed by atoms with Gasteiger partial charge >= 0.3 is 0 Å². The second-order valence-corrected chi connectivity index (χ2v) is 6.54. The van der Waals surface area contributed by atoms with Crippen LogP contribution in [0.4, 0.5) is 10.1 Å². The highest BCUT2D eigenvalue weighted by Crippen LogP contribution is 2.36. The highest BCUT2D eigenvalue weighted by molar-refractivity contribution is 5.56. The van der Waals surface area contributed by atoms with Crippen molar-refractivity contribution in [3.05, 3.63) is 29.6 Å². The van der Waals surface area contributed by atoms with Crippen LogP contribution in [0.15, 0.2) is 18.2 Å². The summed E-state index contributed by atoms with van der Waals surface area (Å²) in [5.41, 5.74) is 1.32. The monoisotopic (exact) mass is 292 g/mol. The van der Waals surface area contributed by atoms with Crippen molar-refractivity contribution in [3.63, 3.8) is 0 Å². The number of likely N-dealkylation sites (tertiary alicyclic amines) is 1. The van der Waals surface area contributed by atoms with Gasteiger partial charge in [-0.3, -0.25) is 0 Å². The third-order valence-corrected chi connectivity index (χ3v) is 5.13. The SMILES string of the molecule is C[C@@H](O)c1cccc(F)c1N1CCC2C(CCCN2C)C1. The van der Waals surface area contributed by atoms with E-state index in [-0.39, 0.29) is 5.82 Å². The fourth-order valence-corrected chi connectivity index (χ4v) is 4.06. The Morgan fingerprint density at radius 2 is 2.10 bits per heavy atom. The molecule has 0 amide bonds. The molecule has 2 aliphatic rings. The van der Waals surface area contributed by atoms with Gasteiger partial charge in [-0.2, -0.15) is 0 Å². The average Bonchev–Trinajstić information content (AvgIpc) is 2.46. The molecule has 3 atom stereocenters. The summed E-state index contributed by atoms with van der Waals surface area (Å²) in [4.78, 5) is 4.61. The van der Waals surface area contributed by atoms with Crippen molar-refractivity contribution < 1.29 is 9.50 Å². The average molecular weight is 292 g/mol. The van der Waals surface area contributed by atoms with Crippen LogP contribution in [0.1, 0.15) is 37.9 Å². The third-order valence-electron chi connectivity index (χ3n) is 5.13. The second kappa shape index (κ2) is 5.93. The zero-order valence-electron chi connectivity index (χ0n) is 12.9. The zero-order valence-corrected chi connectivity index (χ0v) is 12.9. The number of aliphatic hydroxyl groups is 1. The van der Waals surface area contributed by atoms with Crippen molar-refractivity contribution >= 4 is 5.69 Å². The molecule has 2 fully saturated rings. The van der Waals surface area contributed by atoms with Gasteiger partial charge in [0.2, 0.25) is 0 Å². The summed E-state index contributed by atoms with van der Waals surface area (Å²) in [6, 6.07) is 5.65. The predicted molar refractivity (Wildman–Crippen MR) is 83.0 cm³/mol. The lowest BCUT2D eigenvalue weighted by Crippen LogP contribution is -2.53. The van der Waals surface area contributed by atoms with Gasteiger partial charge in [0.15, 0.2) is 0 Å². The van der Waals surface area contributed by atoms with Crippen molar-refractivity contribution in [2.75, 3.05) is 31.6 Å². The number of hydrogen-bond acceptors (Lipinski definition) is 3. The molecule has 0 spiro atoms. The minimum absolute atomic E-state index is 0.212. The molecule has 1 aromatic rings. The summed E-state index contributed by atoms with van der Waals surface area (Å²) < 4.78 is 14.3. The van der Waals surface area contributed by atoms with E-state index in [9.17, 15) is 9.50 Å². The molecular weight excluding hydrogens is 267 g/mol. The highest BCUT2D eigenvalue weighted by Gasteiger charge is 2.35. The smallest absolute Gasteiger partial charge is 0.146 e. The summed E-state index contributed by atoms with van der Waals surface area (Å²) in [6.45, 7) is 4.65. The van der Waals surface area contributed by atoms with Crippen LogP contribution in [0.2, 0.25) is 0 Å². The van der Waals surface area contributed by atoms with Crippen molar-refractivity contribution in [1.29, 1.82) is 0 Å². The fraction of sp³-hybridized carbons (Fsp3) is 0.647. The van der Waals surface area contributed by atoms with Gasteiger partial charge in [-0.05, 0) is 51.8 Å². The first-order chi connectivity index (χ1) is 10.1. The Morgan fingerprint density at radius 1 is 1.29 bits per heavy atom. The van der Waals surface area contributed by atoms with E-state index in [1.165, 1.54) is 25.5 Å². The first kappa shape index (κ1) is 14.8. The number of piperidine rings is 2. The first-order valence-electron chi connectivity index (χ1n) is 7.99. The van der Waals surface area contributed by atoms with E-state index in [2.05, 4.69) is 16.8 Å². The lowest BCUT2D eigenvalue weighted by Gasteiger charge is -2.47. The molecule has 0 radical (unpaired) electrons. The minimum atomic E-state index is -0.637. The number of para-hydroxylation sites is 1. The molecule has 4 heteroatoms. The van der Waals surface area contributed by atoms with Crippen molar-refractivity contribution in [1.82, 2.24) is 4.90 Å². The number of halogens is 1. The van der Waals surface area contributed by atoms with Crippen molar-refractivity contribution in [2.24, 2.45) is 5.92 Å². The Labute approximate surface area is 126 Å². The zero-order chi connectivity index (χ0) is 15.0. The van der Waals surface area contributed by atoms with Gasteiger partial charge in [-0.25, -0.2) is 4.39 Å². The molecule has 0 bridgehead atoms. The van der Waals surface area contributed by atoms with Gasteiger partial charge < -0.3 is 14.9 Å². The lowest BCUT2D eigenvalue weighted by atomic mass is 9.83. The van der Waals surface area contributed by atoms with E-state index < -0.39 is 6.10 Å². The quantitative estimate of drug-likeness (QED) is 0.908. The molecule has 2 heterocycles. The van der Waals surface area contributed by atoms with Gasteiger partial charge in [-0.1, -0.05) is 12.1 Å². The maximum Gasteiger partial charge on any atom is 0.146 e. The molecule has 3 rings (SSSR count). The maximum absolute atomic E-state index is 14.3. The number of fused-ring (bicyclic) bond motifs is 1. The van der Waals surface area contributed by atoms with E-state index in [1.807, 2.05) is 6.07 Å². The van der Waals surface area contributed by atoms with Gasteiger partial charge in [0.25, 0.3) is 0 Å². The molecule has 1 N–H and O–H groups in total. The number of benzene rings is 1. The van der Waals surface area contributed by atoms with E-state index in [0.717, 1.165) is 19.5 Å². The number of aliphatic hydroxyl groups excluding tert-OH is 1. The molecule has 0 aromatic heterocycles. The Hall–Kier alpha value is -1.13. The van der Waals surface area contributed by atoms with Gasteiger partial charge in [0.05, 0.1) is 11.8 Å². The summed E-state index contributed by atoms with van der Waals surface area (Å²) >= 11 is 0. The molecule has 3 nitrogen and oxygen atoms in total. The topological polar surface area (TPSA) is 26.7 Å². The van der Waals surface area contributed by atoms with E-state index in [1.54, 1.807) is 13.0 Å². The molecule has 0 saturated carbocycles. The number of anilines is 1. The molecule has 2 saturated heterocycles. The standard InChI is InChI=1S/C17H25FN2O/c1-12(21)14-6-3-7-15(18)17(14)20-10-8-16-13(11-20)5-4-9-19(16)2/h3,6-7,12-13,16,21H,4-5,8-11H2,1-2H3/t12-,13?,16?/m1/s1. The molecule has 21 heavy (non-hydrogen) atoms. The van der Waals surface area contributed by atoms with E-state index in [0.29, 0.717) is 23.2 Å². The van der Waals surface area contributed by atoms with Crippen molar-refractivity contribution in [2.45, 2.75) is 38.3 Å². The maximum atomic E-state index is 14.3. The summed E-state index contributed by atoms with van der Waals surface area (Å²) in [5, 5.41) is 9.93. The Bertz CT molecular complexity index is 506. The summed E-state index contributed by atoms with van der Waals surface area (Å²) in [7, 11) is 2.21. The minimum Gasteiger partial charge on any atom is -0.389 e. The Balaban J connectivity index is 1.86. The Kier molecular flexibility index (Phi) is 4.18. The summed E-state index contributed by atoms with van der Waals surface area (Å²) in [6.07, 6.45) is 2.90. The molecule has 1 aromatic carbocycles. The van der Waals surface area contributed by atoms with Crippen LogP contribution in [0.5, 0.6) is 0 Å². The number of nitrogens with zero attached hydrogens (tertiary/aromatic N) is 2. The lowest BCUT2D eigenvalue weighted by molar-refractivity contribution is 0.102. The highest BCUT2D eigenvalue weighted by atomic mass is 19.1. The van der Waals surface area contributed by atoms with Crippen LogP contribution < -0.4 is 4.90 Å². The largest absolute Gasteiger partial charge is 0.389 e. The first-order valence-corrected chi connectivity index (χ1v) is 7.99. The second-order valence-electron chi connectivity index (χ2n) is 6.54. The van der Waals surface area contributed by atoms with Crippen LogP contribution >= 0.6 is 0 Å². The van der Waals surface area contributed by atoms with Gasteiger partial charge in [0.1, 0.15) is 5.82 Å². The van der Waals surface area contributed by atoms with Crippen LogP contribution in [0.3, 0.4) is 0 Å². The van der Waals surface area contributed by atoms with Gasteiger partial charge in [-0.15, -0.1) is 0 Å². The molecule has 0 aliphatic carbocycles. The molecule has 2 aliphatic heterocycles. The van der Waals surface area contributed by atoms with Crippen LogP contribution in [-0.2, 0) is 0 Å². The number of hydrogen-bond donors (Lipinski definition) is 1. The van der Waals surface area contributed by atoms with Crippen LogP contribution in [0.25, 0.3) is 0 Å². The normalized spacial score (nSPS) is 28.3. The predicted octanol–water partition coefficient (Wildman–Crippen LogP) is 2.80. The third kappa shape index (κ3) is 2.79. The van der Waals surface area contributed by atoms with Gasteiger partial charge in [0, 0.05) is 24.7 Å². The van der Waals surface area contributed by atoms with Crippen LogP contribution in [-0.4, -0.2) is 42.7 Å². The fourth-order valence-electron chi connectivity index (χ4n) is 4.06. The molecule has 2 unspecified atom stereocenters. The molecule has 116 valence electrons. The summed E-state index contributed by atoms with van der Waals surface area (Å²) in [5.74, 6) is 0.398.